The lowest BCUT2D eigenvalue weighted by Crippen LogP contribution is -2.40. The van der Waals surface area contributed by atoms with E-state index < -0.39 is 0 Å². The first-order chi connectivity index (χ1) is 9.66. The van der Waals surface area contributed by atoms with E-state index in [1.54, 1.807) is 12.1 Å². The third-order valence-corrected chi connectivity index (χ3v) is 3.97. The number of nitrogens with zero attached hydrogens (tertiary/aromatic N) is 1. The molecule has 1 unspecified atom stereocenters. The topological polar surface area (TPSA) is 44.4 Å². The monoisotopic (exact) mass is 295 g/mol. The summed E-state index contributed by atoms with van der Waals surface area (Å²) in [5, 5.41) is 6.57. The number of benzene rings is 1. The number of halogens is 1. The Labute approximate surface area is 125 Å². The molecule has 4 nitrogen and oxygen atoms in total. The normalized spacial score (nSPS) is 17.1. The molecule has 0 bridgehead atoms. The zero-order chi connectivity index (χ0) is 14.4. The Kier molecular flexibility index (Phi) is 5.83. The first-order valence-electron chi connectivity index (χ1n) is 7.16. The maximum Gasteiger partial charge on any atom is 0.238 e. The molecule has 1 saturated heterocycles. The van der Waals surface area contributed by atoms with Crippen molar-refractivity contribution in [1.29, 1.82) is 0 Å². The van der Waals surface area contributed by atoms with Crippen LogP contribution in [-0.4, -0.2) is 43.0 Å². The Balaban J connectivity index is 1.69. The Morgan fingerprint density at radius 1 is 1.35 bits per heavy atom. The standard InChI is InChI=1S/C15H22ClN3O/c1-12(19-8-4-5-9-19)10-17-11-15(20)18-14-7-3-2-6-13(14)16/h2-3,6-7,12,17H,4-5,8-11H2,1H3,(H,18,20). The molecule has 5 heteroatoms. The van der Waals surface area contributed by atoms with E-state index in [4.69, 9.17) is 11.6 Å². The van der Waals surface area contributed by atoms with Crippen molar-refractivity contribution in [2.24, 2.45) is 0 Å². The molecule has 1 aliphatic rings. The van der Waals surface area contributed by atoms with E-state index in [0.717, 1.165) is 6.54 Å². The number of hydrogen-bond donors (Lipinski definition) is 2. The van der Waals surface area contributed by atoms with E-state index in [1.165, 1.54) is 25.9 Å². The summed E-state index contributed by atoms with van der Waals surface area (Å²) in [6, 6.07) is 7.73. The molecule has 110 valence electrons. The van der Waals surface area contributed by atoms with Crippen LogP contribution in [0.5, 0.6) is 0 Å². The number of anilines is 1. The van der Waals surface area contributed by atoms with Gasteiger partial charge >= 0.3 is 0 Å². The Morgan fingerprint density at radius 2 is 2.05 bits per heavy atom. The van der Waals surface area contributed by atoms with E-state index >= 15 is 0 Å². The highest BCUT2D eigenvalue weighted by Crippen LogP contribution is 2.20. The van der Waals surface area contributed by atoms with Crippen LogP contribution in [0.1, 0.15) is 19.8 Å². The van der Waals surface area contributed by atoms with Gasteiger partial charge in [-0.25, -0.2) is 0 Å². The summed E-state index contributed by atoms with van der Waals surface area (Å²) in [6.07, 6.45) is 2.58. The largest absolute Gasteiger partial charge is 0.324 e. The van der Waals surface area contributed by atoms with E-state index in [0.29, 0.717) is 23.3 Å². The molecule has 1 aliphatic heterocycles. The predicted molar refractivity (Wildman–Crippen MR) is 83.2 cm³/mol. The number of amides is 1. The highest BCUT2D eigenvalue weighted by Gasteiger charge is 2.17. The van der Waals surface area contributed by atoms with Crippen molar-refractivity contribution in [3.8, 4) is 0 Å². The van der Waals surface area contributed by atoms with E-state index in [2.05, 4.69) is 22.5 Å². The molecule has 1 aromatic carbocycles. The summed E-state index contributed by atoms with van der Waals surface area (Å²) in [5.41, 5.74) is 0.661. The summed E-state index contributed by atoms with van der Waals surface area (Å²) >= 11 is 6.00. The summed E-state index contributed by atoms with van der Waals surface area (Å²) < 4.78 is 0. The second-order valence-electron chi connectivity index (χ2n) is 5.25. The molecule has 0 aliphatic carbocycles. The van der Waals surface area contributed by atoms with Gasteiger partial charge in [0, 0.05) is 12.6 Å². The fourth-order valence-electron chi connectivity index (χ4n) is 2.46. The van der Waals surface area contributed by atoms with Gasteiger partial charge in [0.05, 0.1) is 17.3 Å². The van der Waals surface area contributed by atoms with E-state index in [-0.39, 0.29) is 5.91 Å². The number of carbonyl (C=O) groups excluding carboxylic acids is 1. The lowest BCUT2D eigenvalue weighted by atomic mass is 10.3. The van der Waals surface area contributed by atoms with Crippen LogP contribution in [-0.2, 0) is 4.79 Å². The van der Waals surface area contributed by atoms with Crippen molar-refractivity contribution in [3.63, 3.8) is 0 Å². The summed E-state index contributed by atoms with van der Waals surface area (Å²) in [7, 11) is 0. The van der Waals surface area contributed by atoms with E-state index in [9.17, 15) is 4.79 Å². The van der Waals surface area contributed by atoms with Gasteiger partial charge in [0.15, 0.2) is 0 Å². The molecule has 1 amide bonds. The first-order valence-corrected chi connectivity index (χ1v) is 7.54. The van der Waals surface area contributed by atoms with Gasteiger partial charge in [0.2, 0.25) is 5.91 Å². The van der Waals surface area contributed by atoms with Crippen molar-refractivity contribution in [2.45, 2.75) is 25.8 Å². The minimum Gasteiger partial charge on any atom is -0.324 e. The third kappa shape index (κ3) is 4.47. The molecule has 2 N–H and O–H groups in total. The average molecular weight is 296 g/mol. The summed E-state index contributed by atoms with van der Waals surface area (Å²) in [6.45, 7) is 5.69. The molecular weight excluding hydrogens is 274 g/mol. The van der Waals surface area contributed by atoms with Crippen LogP contribution in [0, 0.1) is 0 Å². The number of carbonyl (C=O) groups is 1. The van der Waals surface area contributed by atoms with Gasteiger partial charge in [0.1, 0.15) is 0 Å². The van der Waals surface area contributed by atoms with Crippen LogP contribution in [0.25, 0.3) is 0 Å². The van der Waals surface area contributed by atoms with Crippen LogP contribution in [0.2, 0.25) is 5.02 Å². The predicted octanol–water partition coefficient (Wildman–Crippen LogP) is 2.35. The molecule has 20 heavy (non-hydrogen) atoms. The molecule has 0 saturated carbocycles. The van der Waals surface area contributed by atoms with E-state index in [1.807, 2.05) is 12.1 Å². The maximum absolute atomic E-state index is 11.8. The minimum atomic E-state index is -0.0632. The zero-order valence-corrected chi connectivity index (χ0v) is 12.6. The molecule has 0 spiro atoms. The molecule has 1 heterocycles. The quantitative estimate of drug-likeness (QED) is 0.847. The molecule has 2 rings (SSSR count). The highest BCUT2D eigenvalue weighted by molar-refractivity contribution is 6.33. The van der Waals surface area contributed by atoms with Crippen molar-refractivity contribution in [1.82, 2.24) is 10.2 Å². The van der Waals surface area contributed by atoms with Gasteiger partial charge in [-0.05, 0) is 45.0 Å². The lowest BCUT2D eigenvalue weighted by Gasteiger charge is -2.23. The van der Waals surface area contributed by atoms with Crippen molar-refractivity contribution < 1.29 is 4.79 Å². The van der Waals surface area contributed by atoms with Crippen LogP contribution in [0.15, 0.2) is 24.3 Å². The van der Waals surface area contributed by atoms with Gasteiger partial charge in [-0.3, -0.25) is 9.69 Å². The second kappa shape index (κ2) is 7.62. The zero-order valence-electron chi connectivity index (χ0n) is 11.9. The van der Waals surface area contributed by atoms with Crippen molar-refractivity contribution in [3.05, 3.63) is 29.3 Å². The Bertz CT molecular complexity index is 446. The summed E-state index contributed by atoms with van der Waals surface area (Å²) in [4.78, 5) is 14.3. The number of likely N-dealkylation sites (tertiary alicyclic amines) is 1. The molecule has 1 atom stereocenters. The number of hydrogen-bond acceptors (Lipinski definition) is 3. The van der Waals surface area contributed by atoms with Gasteiger partial charge in [0.25, 0.3) is 0 Å². The molecule has 0 radical (unpaired) electrons. The number of rotatable bonds is 6. The molecule has 1 aromatic rings. The summed E-state index contributed by atoms with van der Waals surface area (Å²) in [5.74, 6) is -0.0632. The van der Waals surface area contributed by atoms with Gasteiger partial charge in [-0.2, -0.15) is 0 Å². The SMILES string of the molecule is CC(CNCC(=O)Nc1ccccc1Cl)N1CCCC1. The fraction of sp³-hybridized carbons (Fsp3) is 0.533. The minimum absolute atomic E-state index is 0.0632. The Morgan fingerprint density at radius 3 is 2.75 bits per heavy atom. The molecular formula is C15H22ClN3O. The van der Waals surface area contributed by atoms with Gasteiger partial charge in [-0.15, -0.1) is 0 Å². The smallest absolute Gasteiger partial charge is 0.238 e. The van der Waals surface area contributed by atoms with Crippen LogP contribution < -0.4 is 10.6 Å². The van der Waals surface area contributed by atoms with Gasteiger partial charge < -0.3 is 10.6 Å². The third-order valence-electron chi connectivity index (χ3n) is 3.64. The number of nitrogens with one attached hydrogen (secondary N) is 2. The van der Waals surface area contributed by atoms with Crippen molar-refractivity contribution in [2.75, 3.05) is 31.5 Å². The van der Waals surface area contributed by atoms with Gasteiger partial charge in [-0.1, -0.05) is 23.7 Å². The lowest BCUT2D eigenvalue weighted by molar-refractivity contribution is -0.115. The average Bonchev–Trinajstić information content (AvgIpc) is 2.95. The molecule has 0 aromatic heterocycles. The van der Waals surface area contributed by atoms with Crippen molar-refractivity contribution >= 4 is 23.2 Å². The Hall–Kier alpha value is -1.10. The maximum atomic E-state index is 11.8. The van der Waals surface area contributed by atoms with Crippen LogP contribution in [0.3, 0.4) is 0 Å². The second-order valence-corrected chi connectivity index (χ2v) is 5.66. The molecule has 1 fully saturated rings. The van der Waals surface area contributed by atoms with Crippen LogP contribution >= 0.6 is 11.6 Å². The number of para-hydroxylation sites is 1. The fourth-order valence-corrected chi connectivity index (χ4v) is 2.65. The highest BCUT2D eigenvalue weighted by atomic mass is 35.5. The first kappa shape index (κ1) is 15.3. The van der Waals surface area contributed by atoms with Crippen LogP contribution in [0.4, 0.5) is 5.69 Å².